The topological polar surface area (TPSA) is 51.0 Å². The van der Waals surface area contributed by atoms with Crippen LogP contribution in [0, 0.1) is 10.5 Å². The molecule has 1 unspecified atom stereocenters. The summed E-state index contributed by atoms with van der Waals surface area (Å²) in [5.74, 6) is 1.38. The largest absolute Gasteiger partial charge is 0.340 e. The summed E-state index contributed by atoms with van der Waals surface area (Å²) in [5.41, 5.74) is 1.29. The van der Waals surface area contributed by atoms with Crippen molar-refractivity contribution < 1.29 is 4.52 Å². The molecule has 0 amide bonds. The van der Waals surface area contributed by atoms with Crippen molar-refractivity contribution >= 4 is 22.6 Å². The van der Waals surface area contributed by atoms with Crippen LogP contribution in [0.3, 0.4) is 0 Å². The van der Waals surface area contributed by atoms with Gasteiger partial charge in [-0.05, 0) is 47.2 Å². The van der Waals surface area contributed by atoms with Gasteiger partial charge in [-0.15, -0.1) is 0 Å². The fourth-order valence-corrected chi connectivity index (χ4v) is 2.07. The van der Waals surface area contributed by atoms with Crippen LogP contribution in [-0.4, -0.2) is 16.7 Å². The van der Waals surface area contributed by atoms with E-state index in [-0.39, 0.29) is 0 Å². The molecule has 96 valence electrons. The van der Waals surface area contributed by atoms with E-state index in [2.05, 4.69) is 69.2 Å². The lowest BCUT2D eigenvalue weighted by molar-refractivity contribution is 0.386. The van der Waals surface area contributed by atoms with Gasteiger partial charge in [-0.2, -0.15) is 4.98 Å². The van der Waals surface area contributed by atoms with Crippen LogP contribution in [0.1, 0.15) is 30.2 Å². The molecule has 2 aromatic rings. The van der Waals surface area contributed by atoms with Crippen molar-refractivity contribution in [1.82, 2.24) is 15.5 Å². The van der Waals surface area contributed by atoms with E-state index in [0.717, 1.165) is 18.8 Å². The van der Waals surface area contributed by atoms with Crippen molar-refractivity contribution in [3.8, 4) is 0 Å². The van der Waals surface area contributed by atoms with E-state index in [1.807, 2.05) is 0 Å². The van der Waals surface area contributed by atoms with Crippen molar-refractivity contribution in [2.75, 3.05) is 6.54 Å². The first-order valence-corrected chi connectivity index (χ1v) is 7.01. The third kappa shape index (κ3) is 3.78. The molecule has 0 aliphatic heterocycles. The van der Waals surface area contributed by atoms with Gasteiger partial charge in [0, 0.05) is 29.5 Å². The van der Waals surface area contributed by atoms with Crippen LogP contribution < -0.4 is 5.32 Å². The van der Waals surface area contributed by atoms with Crippen molar-refractivity contribution in [3.05, 3.63) is 45.1 Å². The quantitative estimate of drug-likeness (QED) is 0.837. The van der Waals surface area contributed by atoms with Crippen LogP contribution >= 0.6 is 22.6 Å². The fourth-order valence-electron chi connectivity index (χ4n) is 1.71. The van der Waals surface area contributed by atoms with Crippen LogP contribution in [-0.2, 0) is 6.42 Å². The van der Waals surface area contributed by atoms with Gasteiger partial charge < -0.3 is 9.84 Å². The summed E-state index contributed by atoms with van der Waals surface area (Å²) in [6.45, 7) is 4.80. The molecule has 4 nitrogen and oxygen atoms in total. The summed E-state index contributed by atoms with van der Waals surface area (Å²) in [4.78, 5) is 4.17. The van der Waals surface area contributed by atoms with Crippen LogP contribution in [0.5, 0.6) is 0 Å². The highest BCUT2D eigenvalue weighted by atomic mass is 127. The van der Waals surface area contributed by atoms with E-state index >= 15 is 0 Å². The molecule has 0 spiro atoms. The van der Waals surface area contributed by atoms with E-state index in [4.69, 9.17) is 4.52 Å². The zero-order valence-corrected chi connectivity index (χ0v) is 12.6. The Balaban J connectivity index is 1.81. The second-order valence-electron chi connectivity index (χ2n) is 4.21. The van der Waals surface area contributed by atoms with E-state index in [1.165, 1.54) is 9.13 Å². The number of hydrogen-bond donors (Lipinski definition) is 1. The molecule has 0 aliphatic carbocycles. The normalized spacial score (nSPS) is 12.6. The minimum absolute atomic E-state index is 0.329. The molecule has 0 fully saturated rings. The van der Waals surface area contributed by atoms with Gasteiger partial charge in [0.05, 0.1) is 0 Å². The molecule has 0 radical (unpaired) electrons. The third-order valence-electron chi connectivity index (χ3n) is 2.74. The van der Waals surface area contributed by atoms with Gasteiger partial charge in [0.15, 0.2) is 5.82 Å². The molecule has 0 saturated carbocycles. The molecule has 18 heavy (non-hydrogen) atoms. The Morgan fingerprint density at radius 1 is 1.33 bits per heavy atom. The maximum absolute atomic E-state index is 4.93. The summed E-state index contributed by atoms with van der Waals surface area (Å²) < 4.78 is 6.19. The van der Waals surface area contributed by atoms with Crippen LogP contribution in [0.2, 0.25) is 0 Å². The Hall–Kier alpha value is -0.950. The number of hydrogen-bond acceptors (Lipinski definition) is 4. The van der Waals surface area contributed by atoms with Gasteiger partial charge in [0.2, 0.25) is 5.89 Å². The monoisotopic (exact) mass is 357 g/mol. The minimum Gasteiger partial charge on any atom is -0.340 e. The van der Waals surface area contributed by atoms with Crippen molar-refractivity contribution in [2.24, 2.45) is 0 Å². The molecule has 1 aromatic carbocycles. The lowest BCUT2D eigenvalue weighted by Crippen LogP contribution is -2.21. The summed E-state index contributed by atoms with van der Waals surface area (Å²) >= 11 is 2.31. The zero-order valence-electron chi connectivity index (χ0n) is 10.5. The number of aryl methyl sites for hydroxylation is 1. The Morgan fingerprint density at radius 2 is 2.06 bits per heavy atom. The SMILES string of the molecule is Cc1nc(CCNC(C)c2ccc(I)cc2)no1. The predicted octanol–water partition coefficient (Wildman–Crippen LogP) is 2.88. The summed E-state index contributed by atoms with van der Waals surface area (Å²) in [6.07, 6.45) is 0.784. The molecule has 5 heteroatoms. The molecule has 1 N–H and O–H groups in total. The highest BCUT2D eigenvalue weighted by Crippen LogP contribution is 2.14. The number of benzene rings is 1. The van der Waals surface area contributed by atoms with Gasteiger partial charge in [0.25, 0.3) is 0 Å². The fraction of sp³-hybridized carbons (Fsp3) is 0.385. The van der Waals surface area contributed by atoms with Gasteiger partial charge in [-0.1, -0.05) is 17.3 Å². The molecular formula is C13H16IN3O. The molecule has 0 bridgehead atoms. The van der Waals surface area contributed by atoms with Crippen molar-refractivity contribution in [1.29, 1.82) is 0 Å². The zero-order chi connectivity index (χ0) is 13.0. The minimum atomic E-state index is 0.329. The van der Waals surface area contributed by atoms with Crippen LogP contribution in [0.4, 0.5) is 0 Å². The lowest BCUT2D eigenvalue weighted by atomic mass is 10.1. The Kier molecular flexibility index (Phi) is 4.71. The predicted molar refractivity (Wildman–Crippen MR) is 78.3 cm³/mol. The summed E-state index contributed by atoms with van der Waals surface area (Å²) in [7, 11) is 0. The molecule has 0 aliphatic rings. The van der Waals surface area contributed by atoms with Crippen molar-refractivity contribution in [3.63, 3.8) is 0 Å². The van der Waals surface area contributed by atoms with Gasteiger partial charge in [-0.3, -0.25) is 0 Å². The van der Waals surface area contributed by atoms with Gasteiger partial charge in [-0.25, -0.2) is 0 Å². The standard InChI is InChI=1S/C13H16IN3O/c1-9(11-3-5-12(14)6-4-11)15-8-7-13-16-10(2)18-17-13/h3-6,9,15H,7-8H2,1-2H3. The van der Waals surface area contributed by atoms with Crippen LogP contribution in [0.15, 0.2) is 28.8 Å². The number of nitrogens with zero attached hydrogens (tertiary/aromatic N) is 2. The van der Waals surface area contributed by atoms with E-state index in [9.17, 15) is 0 Å². The number of aromatic nitrogens is 2. The molecule has 1 heterocycles. The summed E-state index contributed by atoms with van der Waals surface area (Å²) in [6, 6.07) is 8.87. The first-order valence-electron chi connectivity index (χ1n) is 5.93. The summed E-state index contributed by atoms with van der Waals surface area (Å²) in [5, 5.41) is 7.32. The molecule has 0 saturated heterocycles. The maximum atomic E-state index is 4.93. The number of rotatable bonds is 5. The average Bonchev–Trinajstić information content (AvgIpc) is 2.76. The molecular weight excluding hydrogens is 341 g/mol. The maximum Gasteiger partial charge on any atom is 0.223 e. The third-order valence-corrected chi connectivity index (χ3v) is 3.46. The van der Waals surface area contributed by atoms with E-state index in [0.29, 0.717) is 11.9 Å². The Morgan fingerprint density at radius 3 is 2.67 bits per heavy atom. The van der Waals surface area contributed by atoms with E-state index in [1.54, 1.807) is 6.92 Å². The highest BCUT2D eigenvalue weighted by Gasteiger charge is 2.06. The molecule has 2 rings (SSSR count). The second-order valence-corrected chi connectivity index (χ2v) is 5.45. The Bertz CT molecular complexity index is 495. The smallest absolute Gasteiger partial charge is 0.223 e. The lowest BCUT2D eigenvalue weighted by Gasteiger charge is -2.13. The first kappa shape index (κ1) is 13.5. The van der Waals surface area contributed by atoms with Gasteiger partial charge in [0.1, 0.15) is 0 Å². The number of halogens is 1. The van der Waals surface area contributed by atoms with E-state index < -0.39 is 0 Å². The molecule has 1 aromatic heterocycles. The second kappa shape index (κ2) is 6.29. The van der Waals surface area contributed by atoms with Gasteiger partial charge >= 0.3 is 0 Å². The average molecular weight is 357 g/mol. The molecule has 1 atom stereocenters. The van der Waals surface area contributed by atoms with Crippen LogP contribution in [0.25, 0.3) is 0 Å². The first-order chi connectivity index (χ1) is 8.65. The van der Waals surface area contributed by atoms with Crippen molar-refractivity contribution in [2.45, 2.75) is 26.3 Å². The Labute approximate surface area is 120 Å². The highest BCUT2D eigenvalue weighted by molar-refractivity contribution is 14.1. The number of nitrogens with one attached hydrogen (secondary N) is 1.